The topological polar surface area (TPSA) is 76.1 Å². The lowest BCUT2D eigenvalue weighted by atomic mass is 10.2. The molecule has 0 saturated heterocycles. The molecule has 1 aromatic heterocycles. The van der Waals surface area contributed by atoms with Crippen LogP contribution in [0.1, 0.15) is 23.2 Å². The van der Waals surface area contributed by atoms with E-state index in [1.54, 1.807) is 24.3 Å². The second-order valence-electron chi connectivity index (χ2n) is 5.02. The van der Waals surface area contributed by atoms with Crippen LogP contribution in [-0.2, 0) is 4.74 Å². The number of ether oxygens (including phenoxy) is 1. The second kappa shape index (κ2) is 6.19. The van der Waals surface area contributed by atoms with Gasteiger partial charge in [0.15, 0.2) is 0 Å². The molecule has 22 heavy (non-hydrogen) atoms. The summed E-state index contributed by atoms with van der Waals surface area (Å²) in [7, 11) is 1.34. The number of nitrogens with zero attached hydrogens (tertiary/aromatic N) is 2. The Morgan fingerprint density at radius 1 is 1.27 bits per heavy atom. The summed E-state index contributed by atoms with van der Waals surface area (Å²) in [6.45, 7) is 0. The molecular weight excluding hydrogens is 304 g/mol. The van der Waals surface area contributed by atoms with Gasteiger partial charge in [0.25, 0.3) is 0 Å². The highest BCUT2D eigenvalue weighted by atomic mass is 35.5. The van der Waals surface area contributed by atoms with Gasteiger partial charge in [-0.3, -0.25) is 0 Å². The minimum Gasteiger partial charge on any atom is -0.465 e. The normalized spacial score (nSPS) is 13.5. The predicted octanol–water partition coefficient (Wildman–Crippen LogP) is 3.23. The number of anilines is 3. The average molecular weight is 319 g/mol. The fourth-order valence-electron chi connectivity index (χ4n) is 1.95. The maximum absolute atomic E-state index is 11.6. The van der Waals surface area contributed by atoms with Crippen LogP contribution in [0.15, 0.2) is 30.6 Å². The summed E-state index contributed by atoms with van der Waals surface area (Å²) in [5, 5.41) is 6.88. The van der Waals surface area contributed by atoms with Gasteiger partial charge in [-0.25, -0.2) is 14.8 Å². The monoisotopic (exact) mass is 318 g/mol. The molecule has 1 aliphatic rings. The third-order valence-corrected chi connectivity index (χ3v) is 3.58. The lowest BCUT2D eigenvalue weighted by Crippen LogP contribution is -2.05. The molecule has 1 fully saturated rings. The number of esters is 1. The van der Waals surface area contributed by atoms with E-state index in [2.05, 4.69) is 20.6 Å². The van der Waals surface area contributed by atoms with Gasteiger partial charge in [-0.1, -0.05) is 11.6 Å². The Morgan fingerprint density at radius 3 is 2.77 bits per heavy atom. The van der Waals surface area contributed by atoms with Crippen molar-refractivity contribution in [2.45, 2.75) is 18.9 Å². The van der Waals surface area contributed by atoms with Gasteiger partial charge >= 0.3 is 5.97 Å². The van der Waals surface area contributed by atoms with Crippen LogP contribution >= 0.6 is 11.6 Å². The molecular formula is C15H15ClN4O2. The van der Waals surface area contributed by atoms with E-state index >= 15 is 0 Å². The zero-order valence-electron chi connectivity index (χ0n) is 12.0. The molecule has 114 valence electrons. The van der Waals surface area contributed by atoms with E-state index in [0.29, 0.717) is 28.1 Å². The lowest BCUT2D eigenvalue weighted by Gasteiger charge is -2.10. The Balaban J connectivity index is 1.81. The molecule has 7 heteroatoms. The summed E-state index contributed by atoms with van der Waals surface area (Å²) in [6.07, 6.45) is 3.81. The number of halogens is 1. The van der Waals surface area contributed by atoms with Gasteiger partial charge in [-0.05, 0) is 31.0 Å². The fourth-order valence-corrected chi connectivity index (χ4v) is 2.11. The molecule has 0 aliphatic heterocycles. The van der Waals surface area contributed by atoms with E-state index in [-0.39, 0.29) is 0 Å². The standard InChI is InChI=1S/C15H15ClN4O2/c1-22-15(21)9-2-5-11(16)12(6-9)20-14-7-13(17-8-18-14)19-10-3-4-10/h2,5-8,10H,3-4H2,1H3,(H2,17,18,19,20). The van der Waals surface area contributed by atoms with Crippen molar-refractivity contribution in [1.29, 1.82) is 0 Å². The van der Waals surface area contributed by atoms with Crippen LogP contribution in [0.4, 0.5) is 17.3 Å². The molecule has 1 saturated carbocycles. The number of nitrogens with one attached hydrogen (secondary N) is 2. The number of hydrogen-bond donors (Lipinski definition) is 2. The van der Waals surface area contributed by atoms with Crippen molar-refractivity contribution in [3.8, 4) is 0 Å². The van der Waals surface area contributed by atoms with Crippen LogP contribution in [0.5, 0.6) is 0 Å². The first-order valence-corrected chi connectivity index (χ1v) is 7.27. The first-order chi connectivity index (χ1) is 10.7. The van der Waals surface area contributed by atoms with Gasteiger partial charge in [-0.15, -0.1) is 0 Å². The number of hydrogen-bond acceptors (Lipinski definition) is 6. The number of carbonyl (C=O) groups excluding carboxylic acids is 1. The van der Waals surface area contributed by atoms with E-state index in [4.69, 9.17) is 16.3 Å². The largest absolute Gasteiger partial charge is 0.465 e. The molecule has 6 nitrogen and oxygen atoms in total. The zero-order valence-corrected chi connectivity index (χ0v) is 12.7. The number of benzene rings is 1. The fraction of sp³-hybridized carbons (Fsp3) is 0.267. The zero-order chi connectivity index (χ0) is 15.5. The Morgan fingerprint density at radius 2 is 2.05 bits per heavy atom. The van der Waals surface area contributed by atoms with Crippen LogP contribution in [0.3, 0.4) is 0 Å². The van der Waals surface area contributed by atoms with Gasteiger partial charge in [0.2, 0.25) is 0 Å². The highest BCUT2D eigenvalue weighted by Crippen LogP contribution is 2.28. The maximum atomic E-state index is 11.6. The van der Waals surface area contributed by atoms with E-state index in [0.717, 1.165) is 5.82 Å². The first kappa shape index (κ1) is 14.6. The Bertz CT molecular complexity index is 704. The summed E-state index contributed by atoms with van der Waals surface area (Å²) in [4.78, 5) is 19.9. The number of rotatable bonds is 5. The van der Waals surface area contributed by atoms with E-state index < -0.39 is 5.97 Å². The van der Waals surface area contributed by atoms with Crippen LogP contribution in [0.2, 0.25) is 5.02 Å². The highest BCUT2D eigenvalue weighted by Gasteiger charge is 2.21. The molecule has 0 spiro atoms. The number of carbonyl (C=O) groups is 1. The lowest BCUT2D eigenvalue weighted by molar-refractivity contribution is 0.0601. The average Bonchev–Trinajstić information content (AvgIpc) is 3.33. The van der Waals surface area contributed by atoms with Crippen LogP contribution in [0.25, 0.3) is 0 Å². The third kappa shape index (κ3) is 3.46. The smallest absolute Gasteiger partial charge is 0.337 e. The van der Waals surface area contributed by atoms with Gasteiger partial charge in [0, 0.05) is 12.1 Å². The molecule has 1 heterocycles. The highest BCUT2D eigenvalue weighted by molar-refractivity contribution is 6.33. The Labute approximate surface area is 132 Å². The molecule has 2 aromatic rings. The Hall–Kier alpha value is -2.34. The van der Waals surface area contributed by atoms with Crippen LogP contribution in [0, 0.1) is 0 Å². The second-order valence-corrected chi connectivity index (χ2v) is 5.43. The van der Waals surface area contributed by atoms with Crippen molar-refractivity contribution in [1.82, 2.24) is 9.97 Å². The van der Waals surface area contributed by atoms with Crippen LogP contribution in [-0.4, -0.2) is 29.1 Å². The van der Waals surface area contributed by atoms with Crippen molar-refractivity contribution in [3.63, 3.8) is 0 Å². The molecule has 0 unspecified atom stereocenters. The minimum absolute atomic E-state index is 0.416. The van der Waals surface area contributed by atoms with Crippen molar-refractivity contribution in [2.75, 3.05) is 17.7 Å². The number of aromatic nitrogens is 2. The van der Waals surface area contributed by atoms with Gasteiger partial charge in [-0.2, -0.15) is 0 Å². The summed E-state index contributed by atoms with van der Waals surface area (Å²) >= 11 is 6.15. The SMILES string of the molecule is COC(=O)c1ccc(Cl)c(Nc2cc(NC3CC3)ncn2)c1. The van der Waals surface area contributed by atoms with E-state index in [1.165, 1.54) is 26.3 Å². The van der Waals surface area contributed by atoms with Crippen molar-refractivity contribution in [2.24, 2.45) is 0 Å². The maximum Gasteiger partial charge on any atom is 0.337 e. The van der Waals surface area contributed by atoms with Crippen molar-refractivity contribution < 1.29 is 9.53 Å². The van der Waals surface area contributed by atoms with Gasteiger partial charge in [0.05, 0.1) is 23.4 Å². The molecule has 1 aliphatic carbocycles. The molecule has 0 bridgehead atoms. The quantitative estimate of drug-likeness (QED) is 0.824. The molecule has 3 rings (SSSR count). The van der Waals surface area contributed by atoms with Gasteiger partial charge in [0.1, 0.15) is 18.0 Å². The summed E-state index contributed by atoms with van der Waals surface area (Å²) in [5.41, 5.74) is 1.00. The van der Waals surface area contributed by atoms with Crippen molar-refractivity contribution >= 4 is 34.9 Å². The number of methoxy groups -OCH3 is 1. The molecule has 0 amide bonds. The summed E-state index contributed by atoms with van der Waals surface area (Å²) in [5.74, 6) is 0.945. The van der Waals surface area contributed by atoms with Crippen LogP contribution < -0.4 is 10.6 Å². The molecule has 0 radical (unpaired) electrons. The first-order valence-electron chi connectivity index (χ1n) is 6.89. The van der Waals surface area contributed by atoms with Crippen molar-refractivity contribution in [3.05, 3.63) is 41.2 Å². The summed E-state index contributed by atoms with van der Waals surface area (Å²) < 4.78 is 4.71. The minimum atomic E-state index is -0.418. The van der Waals surface area contributed by atoms with Gasteiger partial charge < -0.3 is 15.4 Å². The molecule has 1 aromatic carbocycles. The van der Waals surface area contributed by atoms with E-state index in [1.807, 2.05) is 0 Å². The summed E-state index contributed by atoms with van der Waals surface area (Å²) in [6, 6.07) is 7.19. The van der Waals surface area contributed by atoms with E-state index in [9.17, 15) is 4.79 Å². The Kier molecular flexibility index (Phi) is 4.11. The predicted molar refractivity (Wildman–Crippen MR) is 84.8 cm³/mol. The third-order valence-electron chi connectivity index (χ3n) is 3.25. The molecule has 2 N–H and O–H groups in total. The molecule has 0 atom stereocenters.